The van der Waals surface area contributed by atoms with Crippen LogP contribution in [0, 0.1) is 0 Å². The van der Waals surface area contributed by atoms with Gasteiger partial charge < -0.3 is 0 Å². The number of nitrogens with zero attached hydrogens (tertiary/aromatic N) is 1. The van der Waals surface area contributed by atoms with Gasteiger partial charge in [-0.1, -0.05) is 0 Å². The van der Waals surface area contributed by atoms with E-state index in [9.17, 15) is 0 Å². The second kappa shape index (κ2) is 4.21. The van der Waals surface area contributed by atoms with Crippen LogP contribution in [-0.4, -0.2) is 12.8 Å². The molecule has 1 heterocycles. The average Bonchev–Trinajstić information content (AvgIpc) is 2.56. The van der Waals surface area contributed by atoms with E-state index in [1.807, 2.05) is 14.0 Å². The van der Waals surface area contributed by atoms with Crippen LogP contribution in [0.15, 0.2) is 27.9 Å². The fraction of sp³-hybridized carbons (Fsp3) is 0.300. The van der Waals surface area contributed by atoms with Gasteiger partial charge in [-0.15, -0.1) is 0 Å². The van der Waals surface area contributed by atoms with Crippen LogP contribution in [0.5, 0.6) is 0 Å². The molecule has 1 rings (SSSR count). The van der Waals surface area contributed by atoms with Gasteiger partial charge in [-0.05, 0) is 47.9 Å². The van der Waals surface area contributed by atoms with Gasteiger partial charge in [0.25, 0.3) is 0 Å². The second-order valence-electron chi connectivity index (χ2n) is 2.70. The van der Waals surface area contributed by atoms with Crippen molar-refractivity contribution in [3.63, 3.8) is 0 Å². The van der Waals surface area contributed by atoms with Crippen LogP contribution < -0.4 is 0 Å². The summed E-state index contributed by atoms with van der Waals surface area (Å²) in [5.74, 6) is 0. The first-order valence-electron chi connectivity index (χ1n) is 3.88. The molecule has 0 aliphatic rings. The van der Waals surface area contributed by atoms with Gasteiger partial charge >= 0.3 is 0 Å². The topological polar surface area (TPSA) is 12.4 Å². The monoisotopic (exact) mass is 179 g/mol. The number of hydrogen-bond acceptors (Lipinski definition) is 2. The Morgan fingerprint density at radius 1 is 1.50 bits per heavy atom. The van der Waals surface area contributed by atoms with Crippen molar-refractivity contribution in [1.82, 2.24) is 0 Å². The predicted molar refractivity (Wildman–Crippen MR) is 57.0 cm³/mol. The zero-order valence-corrected chi connectivity index (χ0v) is 8.48. The Balaban J connectivity index is 2.85. The van der Waals surface area contributed by atoms with Gasteiger partial charge in [-0.2, -0.15) is 11.3 Å². The molecule has 0 spiro atoms. The maximum Gasteiger partial charge on any atom is 0.0316 e. The molecule has 64 valence electrons. The third-order valence-electron chi connectivity index (χ3n) is 1.75. The molecule has 1 nitrogen and oxygen atoms in total. The quantitative estimate of drug-likeness (QED) is 0.618. The lowest BCUT2D eigenvalue weighted by atomic mass is 10.1. The van der Waals surface area contributed by atoms with E-state index in [0.717, 1.165) is 5.71 Å². The largest absolute Gasteiger partial charge is 0.293 e. The minimum atomic E-state index is 1.07. The van der Waals surface area contributed by atoms with Gasteiger partial charge in [0.05, 0.1) is 0 Å². The molecule has 0 atom stereocenters. The van der Waals surface area contributed by atoms with Crippen LogP contribution in [0.3, 0.4) is 0 Å². The van der Waals surface area contributed by atoms with Gasteiger partial charge in [0, 0.05) is 12.8 Å². The molecule has 2 heteroatoms. The molecule has 1 aromatic rings. The van der Waals surface area contributed by atoms with Crippen LogP contribution >= 0.6 is 11.3 Å². The molecule has 0 unspecified atom stereocenters. The summed E-state index contributed by atoms with van der Waals surface area (Å²) in [7, 11) is 1.81. The molecule has 0 aliphatic heterocycles. The summed E-state index contributed by atoms with van der Waals surface area (Å²) in [5, 5.41) is 4.24. The number of rotatable bonds is 2. The van der Waals surface area contributed by atoms with Crippen molar-refractivity contribution in [1.29, 1.82) is 0 Å². The zero-order valence-electron chi connectivity index (χ0n) is 7.66. The maximum atomic E-state index is 4.08. The summed E-state index contributed by atoms with van der Waals surface area (Å²) in [6, 6.07) is 2.12. The van der Waals surface area contributed by atoms with Gasteiger partial charge in [0.15, 0.2) is 0 Å². The summed E-state index contributed by atoms with van der Waals surface area (Å²) >= 11 is 1.72. The van der Waals surface area contributed by atoms with Crippen molar-refractivity contribution in [2.24, 2.45) is 4.99 Å². The highest BCUT2D eigenvalue weighted by Crippen LogP contribution is 2.16. The molecular weight excluding hydrogens is 166 g/mol. The Kier molecular flexibility index (Phi) is 3.23. The van der Waals surface area contributed by atoms with Gasteiger partial charge in [-0.25, -0.2) is 0 Å². The summed E-state index contributed by atoms with van der Waals surface area (Å²) in [6.07, 6.45) is 2.10. The molecule has 0 amide bonds. The van der Waals surface area contributed by atoms with E-state index >= 15 is 0 Å². The third-order valence-corrected chi connectivity index (χ3v) is 2.44. The van der Waals surface area contributed by atoms with Gasteiger partial charge in [-0.3, -0.25) is 4.99 Å². The highest BCUT2D eigenvalue weighted by molar-refractivity contribution is 7.08. The Hall–Kier alpha value is -0.890. The fourth-order valence-corrected chi connectivity index (χ4v) is 1.66. The number of allylic oxidation sites excluding steroid dienone is 2. The van der Waals surface area contributed by atoms with E-state index in [1.54, 1.807) is 11.3 Å². The first-order chi connectivity index (χ1) is 5.74. The fourth-order valence-electron chi connectivity index (χ4n) is 0.950. The van der Waals surface area contributed by atoms with Crippen LogP contribution in [0.4, 0.5) is 0 Å². The van der Waals surface area contributed by atoms with Crippen LogP contribution in [0.1, 0.15) is 19.4 Å². The Labute approximate surface area is 77.5 Å². The standard InChI is InChI=1S/C10H13NS/c1-8(6-9(2)11-3)10-4-5-12-7-10/h4-7H,1-3H3/b8-6+,11-9?. The predicted octanol–water partition coefficient (Wildman–Crippen LogP) is 3.24. The lowest BCUT2D eigenvalue weighted by Crippen LogP contribution is -1.85. The highest BCUT2D eigenvalue weighted by atomic mass is 32.1. The molecule has 0 N–H and O–H groups in total. The van der Waals surface area contributed by atoms with Crippen molar-refractivity contribution < 1.29 is 0 Å². The molecule has 0 aliphatic carbocycles. The van der Waals surface area contributed by atoms with E-state index in [-0.39, 0.29) is 0 Å². The molecule has 0 bridgehead atoms. The first-order valence-corrected chi connectivity index (χ1v) is 4.82. The summed E-state index contributed by atoms with van der Waals surface area (Å²) in [6.45, 7) is 4.12. The van der Waals surface area contributed by atoms with Crippen molar-refractivity contribution in [2.75, 3.05) is 7.05 Å². The van der Waals surface area contributed by atoms with Crippen molar-refractivity contribution in [3.05, 3.63) is 28.5 Å². The molecule has 0 aromatic carbocycles. The van der Waals surface area contributed by atoms with Crippen molar-refractivity contribution in [2.45, 2.75) is 13.8 Å². The molecule has 0 saturated heterocycles. The zero-order chi connectivity index (χ0) is 8.97. The van der Waals surface area contributed by atoms with E-state index in [0.29, 0.717) is 0 Å². The second-order valence-corrected chi connectivity index (χ2v) is 3.48. The molecular formula is C10H13NS. The van der Waals surface area contributed by atoms with E-state index < -0.39 is 0 Å². The minimum absolute atomic E-state index is 1.07. The first kappa shape index (κ1) is 9.20. The minimum Gasteiger partial charge on any atom is -0.293 e. The Morgan fingerprint density at radius 3 is 2.75 bits per heavy atom. The average molecular weight is 179 g/mol. The Morgan fingerprint density at radius 2 is 2.25 bits per heavy atom. The van der Waals surface area contributed by atoms with E-state index in [1.165, 1.54) is 11.1 Å². The van der Waals surface area contributed by atoms with Crippen LogP contribution in [0.2, 0.25) is 0 Å². The number of thiophene rings is 1. The Bertz CT molecular complexity index is 294. The van der Waals surface area contributed by atoms with E-state index in [4.69, 9.17) is 0 Å². The van der Waals surface area contributed by atoms with E-state index in [2.05, 4.69) is 34.8 Å². The summed E-state index contributed by atoms with van der Waals surface area (Å²) in [4.78, 5) is 4.08. The molecule has 0 radical (unpaired) electrons. The molecule has 1 aromatic heterocycles. The molecule has 0 saturated carbocycles. The smallest absolute Gasteiger partial charge is 0.0316 e. The summed E-state index contributed by atoms with van der Waals surface area (Å²) in [5.41, 5.74) is 3.64. The molecule has 0 fully saturated rings. The lowest BCUT2D eigenvalue weighted by molar-refractivity contribution is 1.43. The highest BCUT2D eigenvalue weighted by Gasteiger charge is 1.94. The van der Waals surface area contributed by atoms with Crippen LogP contribution in [-0.2, 0) is 0 Å². The summed E-state index contributed by atoms with van der Waals surface area (Å²) < 4.78 is 0. The van der Waals surface area contributed by atoms with Gasteiger partial charge in [0.1, 0.15) is 0 Å². The number of hydrogen-bond donors (Lipinski definition) is 0. The maximum absolute atomic E-state index is 4.08. The lowest BCUT2D eigenvalue weighted by Gasteiger charge is -1.95. The van der Waals surface area contributed by atoms with Gasteiger partial charge in [0.2, 0.25) is 0 Å². The SMILES string of the molecule is CN=C(C)/C=C(\C)c1ccsc1. The van der Waals surface area contributed by atoms with Crippen molar-refractivity contribution in [3.8, 4) is 0 Å². The van der Waals surface area contributed by atoms with Crippen molar-refractivity contribution >= 4 is 22.6 Å². The number of aliphatic imine (C=N–C) groups is 1. The third kappa shape index (κ3) is 2.31. The van der Waals surface area contributed by atoms with Crippen LogP contribution in [0.25, 0.3) is 5.57 Å². The normalized spacial score (nSPS) is 13.6. The molecule has 12 heavy (non-hydrogen) atoms.